The number of aliphatic hydroxyl groups excluding tert-OH is 1. The number of morpholine rings is 1. The Kier molecular flexibility index (Phi) is 6.66. The lowest BCUT2D eigenvalue weighted by molar-refractivity contribution is 0.0299. The minimum Gasteiger partial charge on any atom is -0.394 e. The van der Waals surface area contributed by atoms with Gasteiger partial charge in [0.05, 0.1) is 37.7 Å². The van der Waals surface area contributed by atoms with Crippen LogP contribution in [0.1, 0.15) is 22.1 Å². The van der Waals surface area contributed by atoms with E-state index in [0.29, 0.717) is 54.5 Å². The predicted octanol–water partition coefficient (Wildman–Crippen LogP) is 2.82. The van der Waals surface area contributed by atoms with Gasteiger partial charge in [-0.25, -0.2) is 4.98 Å². The van der Waals surface area contributed by atoms with Gasteiger partial charge in [0.25, 0.3) is 5.91 Å². The van der Waals surface area contributed by atoms with E-state index in [0.717, 1.165) is 5.56 Å². The van der Waals surface area contributed by atoms with Crippen LogP contribution in [0.2, 0.25) is 5.02 Å². The molecule has 2 aromatic heterocycles. The lowest BCUT2D eigenvalue weighted by Crippen LogP contribution is -2.40. The van der Waals surface area contributed by atoms with Gasteiger partial charge in [-0.15, -0.1) is 0 Å². The fourth-order valence-electron chi connectivity index (χ4n) is 3.27. The Morgan fingerprint density at radius 3 is 2.81 bits per heavy atom. The van der Waals surface area contributed by atoms with Crippen molar-refractivity contribution in [3.8, 4) is 0 Å². The number of rotatable bonds is 7. The highest BCUT2D eigenvalue weighted by Gasteiger charge is 2.20. The van der Waals surface area contributed by atoms with E-state index in [1.54, 1.807) is 17.2 Å². The van der Waals surface area contributed by atoms with Gasteiger partial charge in [-0.3, -0.25) is 4.79 Å². The molecule has 1 aromatic carbocycles. The van der Waals surface area contributed by atoms with Crippen molar-refractivity contribution in [1.29, 1.82) is 0 Å². The largest absolute Gasteiger partial charge is 0.394 e. The van der Waals surface area contributed by atoms with Gasteiger partial charge < -0.3 is 30.4 Å². The van der Waals surface area contributed by atoms with Crippen molar-refractivity contribution < 1.29 is 14.6 Å². The summed E-state index contributed by atoms with van der Waals surface area (Å²) < 4.78 is 5.29. The number of amides is 1. The second kappa shape index (κ2) is 9.78. The highest BCUT2D eigenvalue weighted by Crippen LogP contribution is 2.26. The number of hydrogen-bond acceptors (Lipinski definition) is 7. The monoisotopic (exact) mass is 442 g/mol. The van der Waals surface area contributed by atoms with E-state index in [1.807, 2.05) is 30.3 Å². The smallest absolute Gasteiger partial charge is 0.270 e. The Bertz CT molecular complexity index is 1020. The van der Waals surface area contributed by atoms with Crippen molar-refractivity contribution >= 4 is 35.0 Å². The summed E-state index contributed by atoms with van der Waals surface area (Å²) in [7, 11) is 0. The van der Waals surface area contributed by atoms with E-state index in [-0.39, 0.29) is 18.6 Å². The first-order chi connectivity index (χ1) is 15.1. The third-order valence-electron chi connectivity index (χ3n) is 4.91. The maximum Gasteiger partial charge on any atom is 0.270 e. The number of anilines is 3. The lowest BCUT2D eigenvalue weighted by Gasteiger charge is -2.26. The van der Waals surface area contributed by atoms with E-state index >= 15 is 0 Å². The number of nitrogens with one attached hydrogen (secondary N) is 3. The molecule has 0 unspecified atom stereocenters. The summed E-state index contributed by atoms with van der Waals surface area (Å²) in [4.78, 5) is 25.9. The molecule has 31 heavy (non-hydrogen) atoms. The van der Waals surface area contributed by atoms with E-state index in [9.17, 15) is 9.90 Å². The summed E-state index contributed by atoms with van der Waals surface area (Å²) in [6, 6.07) is 10.9. The summed E-state index contributed by atoms with van der Waals surface area (Å²) in [5.74, 6) is 0.618. The topological polar surface area (TPSA) is 115 Å². The van der Waals surface area contributed by atoms with E-state index in [2.05, 4.69) is 25.6 Å². The third kappa shape index (κ3) is 5.13. The fourth-order valence-corrected chi connectivity index (χ4v) is 3.41. The van der Waals surface area contributed by atoms with Crippen molar-refractivity contribution in [3.05, 3.63) is 65.1 Å². The number of carbonyl (C=O) groups is 1. The Balaban J connectivity index is 1.46. The normalized spacial score (nSPS) is 14.8. The van der Waals surface area contributed by atoms with Gasteiger partial charge in [-0.1, -0.05) is 41.9 Å². The van der Waals surface area contributed by atoms with Gasteiger partial charge in [0.1, 0.15) is 10.7 Å². The third-order valence-corrected chi connectivity index (χ3v) is 5.18. The Morgan fingerprint density at radius 2 is 2.06 bits per heavy atom. The molecule has 0 aliphatic carbocycles. The number of hydrogen-bond donors (Lipinski definition) is 4. The van der Waals surface area contributed by atoms with Crippen LogP contribution >= 0.6 is 11.6 Å². The van der Waals surface area contributed by atoms with Crippen molar-refractivity contribution in [2.24, 2.45) is 0 Å². The van der Waals surface area contributed by atoms with Gasteiger partial charge >= 0.3 is 0 Å². The molecule has 1 saturated heterocycles. The number of aliphatic hydroxyl groups is 1. The Labute approximate surface area is 184 Å². The zero-order chi connectivity index (χ0) is 21.6. The molecule has 9 nitrogen and oxygen atoms in total. The zero-order valence-corrected chi connectivity index (χ0v) is 17.5. The van der Waals surface area contributed by atoms with Crippen molar-refractivity contribution in [2.75, 3.05) is 43.5 Å². The van der Waals surface area contributed by atoms with Gasteiger partial charge in [-0.2, -0.15) is 4.98 Å². The standard InChI is InChI=1S/C21H23ClN6O3/c22-16-12-24-21(27-19(16)26-18(13-29)14-4-2-1-3-5-14)25-15-10-17(23-11-15)20(30)28-6-8-31-9-7-28/h1-5,10-12,18,23,29H,6-9,13H2,(H2,24,25,26,27)/t18-/m1/s1. The van der Waals surface area contributed by atoms with Crippen LogP contribution in [0.25, 0.3) is 0 Å². The number of carbonyl (C=O) groups excluding carboxylic acids is 1. The average molecular weight is 443 g/mol. The van der Waals surface area contributed by atoms with Gasteiger partial charge in [0, 0.05) is 19.3 Å². The number of ether oxygens (including phenoxy) is 1. The van der Waals surface area contributed by atoms with Crippen LogP contribution in [0.5, 0.6) is 0 Å². The molecule has 1 aliphatic rings. The van der Waals surface area contributed by atoms with Crippen LogP contribution in [0.4, 0.5) is 17.5 Å². The Morgan fingerprint density at radius 1 is 1.29 bits per heavy atom. The van der Waals surface area contributed by atoms with E-state index in [1.165, 1.54) is 6.20 Å². The molecular formula is C21H23ClN6O3. The molecule has 0 saturated carbocycles. The molecule has 1 fully saturated rings. The number of benzene rings is 1. The van der Waals surface area contributed by atoms with Crippen LogP contribution in [-0.2, 0) is 4.74 Å². The molecule has 10 heteroatoms. The molecular weight excluding hydrogens is 420 g/mol. The summed E-state index contributed by atoms with van der Waals surface area (Å²) in [6.07, 6.45) is 3.16. The molecule has 0 radical (unpaired) electrons. The first-order valence-electron chi connectivity index (χ1n) is 9.91. The maximum absolute atomic E-state index is 12.6. The number of aromatic nitrogens is 3. The number of H-pyrrole nitrogens is 1. The molecule has 1 amide bonds. The predicted molar refractivity (Wildman–Crippen MR) is 118 cm³/mol. The van der Waals surface area contributed by atoms with Crippen LogP contribution < -0.4 is 10.6 Å². The molecule has 3 heterocycles. The minimum atomic E-state index is -0.369. The second-order valence-corrected chi connectivity index (χ2v) is 7.42. The molecule has 4 N–H and O–H groups in total. The Hall–Kier alpha value is -3.14. The first kappa shape index (κ1) is 21.1. The van der Waals surface area contributed by atoms with Crippen molar-refractivity contribution in [3.63, 3.8) is 0 Å². The average Bonchev–Trinajstić information content (AvgIpc) is 3.28. The molecule has 1 atom stereocenters. The molecule has 0 bridgehead atoms. The van der Waals surface area contributed by atoms with Gasteiger partial charge in [0.15, 0.2) is 5.82 Å². The SMILES string of the molecule is O=C(c1cc(Nc2ncc(Cl)c(N[C@H](CO)c3ccccc3)n2)c[nH]1)N1CCOCC1. The second-order valence-electron chi connectivity index (χ2n) is 7.01. The van der Waals surface area contributed by atoms with E-state index in [4.69, 9.17) is 16.3 Å². The maximum atomic E-state index is 12.6. The molecule has 0 spiro atoms. The summed E-state index contributed by atoms with van der Waals surface area (Å²) in [5, 5.41) is 16.3. The number of halogens is 1. The number of nitrogens with zero attached hydrogens (tertiary/aromatic N) is 3. The summed E-state index contributed by atoms with van der Waals surface area (Å²) >= 11 is 6.26. The summed E-state index contributed by atoms with van der Waals surface area (Å²) in [6.45, 7) is 2.11. The zero-order valence-electron chi connectivity index (χ0n) is 16.7. The van der Waals surface area contributed by atoms with Crippen LogP contribution in [0.15, 0.2) is 48.8 Å². The highest BCUT2D eigenvalue weighted by molar-refractivity contribution is 6.32. The molecule has 162 valence electrons. The van der Waals surface area contributed by atoms with Crippen molar-refractivity contribution in [2.45, 2.75) is 6.04 Å². The first-order valence-corrected chi connectivity index (χ1v) is 10.3. The lowest BCUT2D eigenvalue weighted by atomic mass is 10.1. The van der Waals surface area contributed by atoms with Crippen molar-refractivity contribution in [1.82, 2.24) is 19.9 Å². The molecule has 4 rings (SSSR count). The van der Waals surface area contributed by atoms with E-state index < -0.39 is 0 Å². The van der Waals surface area contributed by atoms with Crippen LogP contribution in [0, 0.1) is 0 Å². The highest BCUT2D eigenvalue weighted by atomic mass is 35.5. The number of aromatic amines is 1. The quantitative estimate of drug-likeness (QED) is 0.444. The fraction of sp³-hybridized carbons (Fsp3) is 0.286. The van der Waals surface area contributed by atoms with Gasteiger partial charge in [-0.05, 0) is 11.6 Å². The van der Waals surface area contributed by atoms with Crippen LogP contribution in [-0.4, -0.2) is 63.8 Å². The van der Waals surface area contributed by atoms with Gasteiger partial charge in [0.2, 0.25) is 5.95 Å². The minimum absolute atomic E-state index is 0.0793. The van der Waals surface area contributed by atoms with Crippen LogP contribution in [0.3, 0.4) is 0 Å². The summed E-state index contributed by atoms with van der Waals surface area (Å²) in [5.41, 5.74) is 2.03. The molecule has 3 aromatic rings. The molecule has 1 aliphatic heterocycles.